The number of nitrogens with zero attached hydrogens (tertiary/aromatic N) is 1. The zero-order valence-electron chi connectivity index (χ0n) is 9.49. The Balaban J connectivity index is 2.73. The topological polar surface area (TPSA) is 23.5 Å². The van der Waals surface area contributed by atoms with Gasteiger partial charge in [0.25, 0.3) is 0 Å². The first-order valence-electron chi connectivity index (χ1n) is 5.00. The van der Waals surface area contributed by atoms with Gasteiger partial charge in [-0.15, -0.1) is 11.8 Å². The lowest BCUT2D eigenvalue weighted by Gasteiger charge is -2.14. The summed E-state index contributed by atoms with van der Waals surface area (Å²) in [6.45, 7) is 1.78. The predicted octanol–water partition coefficient (Wildman–Crippen LogP) is 2.20. The van der Waals surface area contributed by atoms with Crippen LogP contribution in [0.25, 0.3) is 0 Å². The van der Waals surface area contributed by atoms with Gasteiger partial charge in [-0.25, -0.2) is 0 Å². The fourth-order valence-corrected chi connectivity index (χ4v) is 1.31. The van der Waals surface area contributed by atoms with Gasteiger partial charge in [0.1, 0.15) is 0 Å². The number of aliphatic hydroxyl groups is 1. The first-order valence-corrected chi connectivity index (χ1v) is 5.00. The van der Waals surface area contributed by atoms with E-state index in [1.165, 1.54) is 0 Å². The molecule has 0 spiro atoms. The van der Waals surface area contributed by atoms with Crippen LogP contribution in [0.2, 0.25) is 0 Å². The van der Waals surface area contributed by atoms with Crippen molar-refractivity contribution < 1.29 is 5.11 Å². The van der Waals surface area contributed by atoms with Crippen LogP contribution in [0, 0.1) is 11.8 Å². The maximum atomic E-state index is 9.77. The molecule has 1 aromatic carbocycles. The number of anilines is 1. The van der Waals surface area contributed by atoms with Crippen molar-refractivity contribution in [3.63, 3.8) is 0 Å². The van der Waals surface area contributed by atoms with Crippen molar-refractivity contribution in [2.24, 2.45) is 0 Å². The number of benzene rings is 1. The van der Waals surface area contributed by atoms with Crippen molar-refractivity contribution in [2.75, 3.05) is 19.0 Å². The summed E-state index contributed by atoms with van der Waals surface area (Å²) in [5.74, 6) is 5.65. The molecular weight excluding hydrogens is 186 g/mol. The first-order chi connectivity index (χ1) is 7.15. The number of rotatable bonds is 3. The Morgan fingerprint density at radius 3 is 2.33 bits per heavy atom. The Morgan fingerprint density at radius 1 is 1.27 bits per heavy atom. The van der Waals surface area contributed by atoms with E-state index < -0.39 is 6.10 Å². The molecular formula is C13H17NO. The highest BCUT2D eigenvalue weighted by Crippen LogP contribution is 2.19. The minimum absolute atomic E-state index is 0.478. The van der Waals surface area contributed by atoms with Gasteiger partial charge in [-0.1, -0.05) is 12.1 Å². The molecule has 0 radical (unpaired) electrons. The van der Waals surface area contributed by atoms with Gasteiger partial charge in [0, 0.05) is 26.2 Å². The molecule has 0 bridgehead atoms. The fourth-order valence-electron chi connectivity index (χ4n) is 1.31. The average Bonchev–Trinajstić information content (AvgIpc) is 2.26. The zero-order chi connectivity index (χ0) is 11.3. The summed E-state index contributed by atoms with van der Waals surface area (Å²) in [7, 11) is 3.99. The van der Waals surface area contributed by atoms with Crippen LogP contribution >= 0.6 is 0 Å². The molecule has 2 nitrogen and oxygen atoms in total. The molecule has 0 amide bonds. The second kappa shape index (κ2) is 5.43. The van der Waals surface area contributed by atoms with E-state index in [1.54, 1.807) is 6.92 Å². The van der Waals surface area contributed by atoms with Gasteiger partial charge in [0.15, 0.2) is 0 Å². The normalized spacial score (nSPS) is 11.5. The standard InChI is InChI=1S/C13H17NO/c1-4-5-6-13(15)11-7-9-12(10-8-11)14(2)3/h7-10,13,15H,6H2,1-3H3. The van der Waals surface area contributed by atoms with Crippen LogP contribution < -0.4 is 4.90 Å². The highest BCUT2D eigenvalue weighted by atomic mass is 16.3. The highest BCUT2D eigenvalue weighted by molar-refractivity contribution is 5.46. The minimum Gasteiger partial charge on any atom is -0.387 e. The van der Waals surface area contributed by atoms with E-state index in [9.17, 15) is 5.11 Å². The number of aliphatic hydroxyl groups excluding tert-OH is 1. The molecule has 80 valence electrons. The van der Waals surface area contributed by atoms with E-state index in [1.807, 2.05) is 43.3 Å². The fraction of sp³-hybridized carbons (Fsp3) is 0.385. The summed E-state index contributed by atoms with van der Waals surface area (Å²) in [4.78, 5) is 2.03. The van der Waals surface area contributed by atoms with Gasteiger partial charge < -0.3 is 10.0 Å². The van der Waals surface area contributed by atoms with Crippen LogP contribution in [0.5, 0.6) is 0 Å². The summed E-state index contributed by atoms with van der Waals surface area (Å²) in [6.07, 6.45) is 0.0197. The summed E-state index contributed by atoms with van der Waals surface area (Å²) in [5, 5.41) is 9.77. The molecule has 1 aromatic rings. The van der Waals surface area contributed by atoms with Gasteiger partial charge in [0.05, 0.1) is 6.10 Å². The van der Waals surface area contributed by atoms with Gasteiger partial charge in [-0.05, 0) is 24.6 Å². The molecule has 0 heterocycles. The van der Waals surface area contributed by atoms with Crippen molar-refractivity contribution in [2.45, 2.75) is 19.4 Å². The van der Waals surface area contributed by atoms with Crippen LogP contribution in [-0.4, -0.2) is 19.2 Å². The summed E-state index contributed by atoms with van der Waals surface area (Å²) in [6, 6.07) is 7.88. The lowest BCUT2D eigenvalue weighted by molar-refractivity contribution is 0.184. The van der Waals surface area contributed by atoms with Crippen molar-refractivity contribution in [3.8, 4) is 11.8 Å². The van der Waals surface area contributed by atoms with Crippen molar-refractivity contribution in [3.05, 3.63) is 29.8 Å². The monoisotopic (exact) mass is 203 g/mol. The van der Waals surface area contributed by atoms with E-state index in [4.69, 9.17) is 0 Å². The third-order valence-corrected chi connectivity index (χ3v) is 2.27. The smallest absolute Gasteiger partial charge is 0.0899 e. The average molecular weight is 203 g/mol. The lowest BCUT2D eigenvalue weighted by atomic mass is 10.1. The Labute approximate surface area is 91.5 Å². The second-order valence-electron chi connectivity index (χ2n) is 3.63. The van der Waals surface area contributed by atoms with Crippen LogP contribution in [0.3, 0.4) is 0 Å². The molecule has 0 fully saturated rings. The minimum atomic E-state index is -0.478. The quantitative estimate of drug-likeness (QED) is 0.761. The molecule has 0 aliphatic rings. The molecule has 0 aliphatic carbocycles. The van der Waals surface area contributed by atoms with E-state index in [-0.39, 0.29) is 0 Å². The molecule has 0 saturated carbocycles. The summed E-state index contributed by atoms with van der Waals surface area (Å²) < 4.78 is 0. The van der Waals surface area contributed by atoms with Crippen molar-refractivity contribution in [1.29, 1.82) is 0 Å². The lowest BCUT2D eigenvalue weighted by Crippen LogP contribution is -2.08. The number of hydrogen-bond donors (Lipinski definition) is 1. The van der Waals surface area contributed by atoms with E-state index in [2.05, 4.69) is 11.8 Å². The van der Waals surface area contributed by atoms with Crippen LogP contribution in [0.4, 0.5) is 5.69 Å². The van der Waals surface area contributed by atoms with Crippen LogP contribution in [0.15, 0.2) is 24.3 Å². The van der Waals surface area contributed by atoms with Gasteiger partial charge in [-0.3, -0.25) is 0 Å². The third-order valence-electron chi connectivity index (χ3n) is 2.27. The Hall–Kier alpha value is -1.46. The predicted molar refractivity (Wildman–Crippen MR) is 63.8 cm³/mol. The Morgan fingerprint density at radius 2 is 1.87 bits per heavy atom. The van der Waals surface area contributed by atoms with E-state index in [0.29, 0.717) is 6.42 Å². The van der Waals surface area contributed by atoms with Crippen molar-refractivity contribution >= 4 is 5.69 Å². The largest absolute Gasteiger partial charge is 0.387 e. The maximum absolute atomic E-state index is 9.77. The molecule has 0 saturated heterocycles. The zero-order valence-corrected chi connectivity index (χ0v) is 9.49. The van der Waals surface area contributed by atoms with E-state index >= 15 is 0 Å². The van der Waals surface area contributed by atoms with E-state index in [0.717, 1.165) is 11.3 Å². The summed E-state index contributed by atoms with van der Waals surface area (Å²) >= 11 is 0. The van der Waals surface area contributed by atoms with Crippen LogP contribution in [0.1, 0.15) is 25.0 Å². The molecule has 1 unspecified atom stereocenters. The first kappa shape index (κ1) is 11.6. The molecule has 1 atom stereocenters. The molecule has 1 N–H and O–H groups in total. The van der Waals surface area contributed by atoms with Crippen molar-refractivity contribution in [1.82, 2.24) is 0 Å². The Bertz CT molecular complexity index is 356. The molecule has 0 aliphatic heterocycles. The van der Waals surface area contributed by atoms with Crippen LogP contribution in [-0.2, 0) is 0 Å². The third kappa shape index (κ3) is 3.30. The summed E-state index contributed by atoms with van der Waals surface area (Å²) in [5.41, 5.74) is 2.05. The second-order valence-corrected chi connectivity index (χ2v) is 3.63. The maximum Gasteiger partial charge on any atom is 0.0899 e. The molecule has 15 heavy (non-hydrogen) atoms. The van der Waals surface area contributed by atoms with Gasteiger partial charge in [0.2, 0.25) is 0 Å². The SMILES string of the molecule is CC#CCC(O)c1ccc(N(C)C)cc1. The van der Waals surface area contributed by atoms with Gasteiger partial charge in [-0.2, -0.15) is 0 Å². The molecule has 2 heteroatoms. The molecule has 1 rings (SSSR count). The molecule has 0 aromatic heterocycles. The number of hydrogen-bond acceptors (Lipinski definition) is 2. The van der Waals surface area contributed by atoms with Gasteiger partial charge >= 0.3 is 0 Å². The Kier molecular flexibility index (Phi) is 4.20. The highest BCUT2D eigenvalue weighted by Gasteiger charge is 2.05.